The maximum absolute atomic E-state index is 12.7. The van der Waals surface area contributed by atoms with Gasteiger partial charge in [0.25, 0.3) is 15.7 Å². The van der Waals surface area contributed by atoms with Crippen LogP contribution >= 0.6 is 0 Å². The van der Waals surface area contributed by atoms with E-state index in [4.69, 9.17) is 0 Å². The number of nitrogens with one attached hydrogen (secondary N) is 1. The average Bonchev–Trinajstić information content (AvgIpc) is 3.00. The van der Waals surface area contributed by atoms with E-state index in [1.165, 1.54) is 12.1 Å². The minimum absolute atomic E-state index is 0.214. The molecule has 3 aromatic rings. The summed E-state index contributed by atoms with van der Waals surface area (Å²) in [5.41, 5.74) is 4.23. The predicted molar refractivity (Wildman–Crippen MR) is 106 cm³/mol. The summed E-state index contributed by atoms with van der Waals surface area (Å²) in [6.45, 7) is 1.55. The highest BCUT2D eigenvalue weighted by Crippen LogP contribution is 2.36. The Labute approximate surface area is 161 Å². The molecule has 28 heavy (non-hydrogen) atoms. The Bertz CT molecular complexity index is 1200. The molecule has 8 heteroatoms. The van der Waals surface area contributed by atoms with E-state index >= 15 is 0 Å². The van der Waals surface area contributed by atoms with Gasteiger partial charge in [0, 0.05) is 22.8 Å². The second-order valence-corrected chi connectivity index (χ2v) is 8.01. The Morgan fingerprint density at radius 2 is 1.43 bits per heavy atom. The van der Waals surface area contributed by atoms with Crippen molar-refractivity contribution in [3.05, 3.63) is 93.5 Å². The zero-order valence-corrected chi connectivity index (χ0v) is 15.6. The fourth-order valence-corrected chi connectivity index (χ4v) is 4.06. The smallest absolute Gasteiger partial charge is 0.258 e. The van der Waals surface area contributed by atoms with Gasteiger partial charge in [0.15, 0.2) is 0 Å². The molecule has 1 N–H and O–H groups in total. The molecule has 0 saturated carbocycles. The third-order valence-electron chi connectivity index (χ3n) is 4.62. The van der Waals surface area contributed by atoms with Crippen molar-refractivity contribution in [3.8, 4) is 11.1 Å². The first-order valence-corrected chi connectivity index (χ1v) is 9.90. The highest BCUT2D eigenvalue weighted by atomic mass is 32.2. The number of nitro groups is 1. The van der Waals surface area contributed by atoms with Gasteiger partial charge < -0.3 is 0 Å². The lowest BCUT2D eigenvalue weighted by Crippen LogP contribution is -2.20. The SMILES string of the molecule is Cc1ccc(S(=O)(=O)NN=C2c3ccccc3-c3ccccc32)cc1[N+](=O)[O-]. The van der Waals surface area contributed by atoms with Gasteiger partial charge in [-0.15, -0.1) is 0 Å². The van der Waals surface area contributed by atoms with Crippen LogP contribution in [0.15, 0.2) is 76.7 Å². The van der Waals surface area contributed by atoms with E-state index < -0.39 is 14.9 Å². The summed E-state index contributed by atoms with van der Waals surface area (Å²) in [5.74, 6) is 0. The predicted octanol–water partition coefficient (Wildman–Crippen LogP) is 3.61. The summed E-state index contributed by atoms with van der Waals surface area (Å²) in [5, 5.41) is 15.3. The van der Waals surface area contributed by atoms with E-state index in [1.54, 1.807) is 6.92 Å². The zero-order chi connectivity index (χ0) is 19.9. The van der Waals surface area contributed by atoms with Crippen molar-refractivity contribution in [2.45, 2.75) is 11.8 Å². The lowest BCUT2D eigenvalue weighted by molar-refractivity contribution is -0.385. The highest BCUT2D eigenvalue weighted by Gasteiger charge is 2.25. The third-order valence-corrected chi connectivity index (χ3v) is 5.83. The van der Waals surface area contributed by atoms with Gasteiger partial charge >= 0.3 is 0 Å². The van der Waals surface area contributed by atoms with Gasteiger partial charge in [0.1, 0.15) is 0 Å². The van der Waals surface area contributed by atoms with Crippen molar-refractivity contribution in [3.63, 3.8) is 0 Å². The zero-order valence-electron chi connectivity index (χ0n) is 14.8. The van der Waals surface area contributed by atoms with Crippen LogP contribution in [0.2, 0.25) is 0 Å². The van der Waals surface area contributed by atoms with E-state index in [0.29, 0.717) is 11.3 Å². The number of benzene rings is 3. The molecule has 4 rings (SSSR count). The molecule has 3 aromatic carbocycles. The van der Waals surface area contributed by atoms with Gasteiger partial charge in [-0.1, -0.05) is 54.6 Å². The first-order valence-electron chi connectivity index (χ1n) is 8.42. The number of rotatable bonds is 4. The summed E-state index contributed by atoms with van der Waals surface area (Å²) in [7, 11) is -4.07. The molecule has 1 aliphatic rings. The van der Waals surface area contributed by atoms with Crippen LogP contribution in [0.3, 0.4) is 0 Å². The van der Waals surface area contributed by atoms with E-state index in [0.717, 1.165) is 28.3 Å². The topological polar surface area (TPSA) is 102 Å². The van der Waals surface area contributed by atoms with Gasteiger partial charge in [-0.25, -0.2) is 0 Å². The molecular formula is C20H15N3O4S. The van der Waals surface area contributed by atoms with Crippen molar-refractivity contribution < 1.29 is 13.3 Å². The Hall–Kier alpha value is -3.52. The fourth-order valence-electron chi connectivity index (χ4n) is 3.23. The number of fused-ring (bicyclic) bond motifs is 3. The molecule has 1 aliphatic carbocycles. The average molecular weight is 393 g/mol. The third kappa shape index (κ3) is 2.93. The van der Waals surface area contributed by atoms with Crippen molar-refractivity contribution >= 4 is 21.4 Å². The van der Waals surface area contributed by atoms with Crippen molar-refractivity contribution in [2.24, 2.45) is 5.10 Å². The maximum Gasteiger partial charge on any atom is 0.276 e. The monoisotopic (exact) mass is 393 g/mol. The standard InChI is InChI=1S/C20H15N3O4S/c1-13-10-11-14(12-19(13)23(24)25)28(26,27)22-21-20-17-8-4-2-6-15(17)16-7-3-5-9-18(16)20/h2-12,22H,1H3. The summed E-state index contributed by atoms with van der Waals surface area (Å²) in [4.78, 5) is 12.5. The van der Waals surface area contributed by atoms with Gasteiger partial charge in [-0.05, 0) is 24.1 Å². The van der Waals surface area contributed by atoms with E-state index in [-0.39, 0.29) is 10.6 Å². The van der Waals surface area contributed by atoms with E-state index in [1.807, 2.05) is 48.5 Å². The number of hydrogen-bond acceptors (Lipinski definition) is 5. The molecule has 0 fully saturated rings. The molecule has 0 radical (unpaired) electrons. The minimum atomic E-state index is -4.07. The van der Waals surface area contributed by atoms with Gasteiger partial charge in [0.05, 0.1) is 15.5 Å². The van der Waals surface area contributed by atoms with E-state index in [9.17, 15) is 18.5 Å². The molecule has 0 aliphatic heterocycles. The van der Waals surface area contributed by atoms with Crippen LogP contribution in [0, 0.1) is 17.0 Å². The molecule has 0 saturated heterocycles. The van der Waals surface area contributed by atoms with Crippen LogP contribution in [-0.2, 0) is 10.0 Å². The molecule has 0 amide bonds. The fraction of sp³-hybridized carbons (Fsp3) is 0.0500. The first-order chi connectivity index (χ1) is 13.4. The van der Waals surface area contributed by atoms with Crippen LogP contribution in [0.1, 0.15) is 16.7 Å². The van der Waals surface area contributed by atoms with Crippen molar-refractivity contribution in [2.75, 3.05) is 0 Å². The van der Waals surface area contributed by atoms with Crippen LogP contribution in [0.5, 0.6) is 0 Å². The number of nitro benzene ring substituents is 1. The van der Waals surface area contributed by atoms with Gasteiger partial charge in [-0.2, -0.15) is 18.4 Å². The summed E-state index contributed by atoms with van der Waals surface area (Å²) >= 11 is 0. The normalized spacial score (nSPS) is 12.2. The van der Waals surface area contributed by atoms with Gasteiger partial charge in [-0.3, -0.25) is 10.1 Å². The molecular weight excluding hydrogens is 378 g/mol. The van der Waals surface area contributed by atoms with Crippen LogP contribution in [-0.4, -0.2) is 19.1 Å². The highest BCUT2D eigenvalue weighted by molar-refractivity contribution is 7.89. The first kappa shape index (κ1) is 17.9. The Morgan fingerprint density at radius 3 is 1.96 bits per heavy atom. The lowest BCUT2D eigenvalue weighted by atomic mass is 10.1. The number of sulfonamides is 1. The summed E-state index contributed by atoms with van der Waals surface area (Å²) in [6, 6.07) is 19.0. The van der Waals surface area contributed by atoms with Crippen LogP contribution < -0.4 is 4.83 Å². The molecule has 0 atom stereocenters. The number of hydrogen-bond donors (Lipinski definition) is 1. The quantitative estimate of drug-likeness (QED) is 0.423. The second-order valence-electron chi connectivity index (χ2n) is 6.35. The number of nitrogens with zero attached hydrogens (tertiary/aromatic N) is 2. The Kier molecular flexibility index (Phi) is 4.20. The van der Waals surface area contributed by atoms with Crippen molar-refractivity contribution in [1.29, 1.82) is 0 Å². The molecule has 140 valence electrons. The van der Waals surface area contributed by atoms with Gasteiger partial charge in [0.2, 0.25) is 0 Å². The van der Waals surface area contributed by atoms with Crippen LogP contribution in [0.4, 0.5) is 5.69 Å². The Morgan fingerprint density at radius 1 is 0.893 bits per heavy atom. The maximum atomic E-state index is 12.7. The largest absolute Gasteiger partial charge is 0.276 e. The van der Waals surface area contributed by atoms with Crippen LogP contribution in [0.25, 0.3) is 11.1 Å². The van der Waals surface area contributed by atoms with E-state index in [2.05, 4.69) is 9.93 Å². The second kappa shape index (κ2) is 6.58. The summed E-state index contributed by atoms with van der Waals surface area (Å²) < 4.78 is 25.3. The molecule has 0 unspecified atom stereocenters. The minimum Gasteiger partial charge on any atom is -0.258 e. The summed E-state index contributed by atoms with van der Waals surface area (Å²) in [6.07, 6.45) is 0. The van der Waals surface area contributed by atoms with Crippen molar-refractivity contribution in [1.82, 2.24) is 4.83 Å². The molecule has 0 bridgehead atoms. The Balaban J connectivity index is 1.75. The molecule has 0 aromatic heterocycles. The molecule has 0 heterocycles. The lowest BCUT2D eigenvalue weighted by Gasteiger charge is -2.07. The number of aryl methyl sites for hydroxylation is 1. The molecule has 7 nitrogen and oxygen atoms in total. The molecule has 0 spiro atoms. The number of hydrazone groups is 1.